The highest BCUT2D eigenvalue weighted by atomic mass is 35.5. The highest BCUT2D eigenvalue weighted by molar-refractivity contribution is 7.07. The third kappa shape index (κ3) is 7.08. The first-order valence-corrected chi connectivity index (χ1v) is 17.4. The summed E-state index contributed by atoms with van der Waals surface area (Å²) in [5.41, 5.74) is 4.50. The second-order valence-electron chi connectivity index (χ2n) is 11.7. The number of rotatable bonds is 10. The van der Waals surface area contributed by atoms with E-state index in [1.54, 1.807) is 48.9 Å². The maximum atomic E-state index is 14.5. The molecule has 4 aromatic carbocycles. The average molecular weight is 714 g/mol. The number of hydrogen-bond donors (Lipinski definition) is 0. The van der Waals surface area contributed by atoms with E-state index >= 15 is 0 Å². The van der Waals surface area contributed by atoms with Crippen molar-refractivity contribution in [2.45, 2.75) is 39.3 Å². The summed E-state index contributed by atoms with van der Waals surface area (Å²) in [7, 11) is 1.56. The Labute approximate surface area is 298 Å². The number of fused-ring (bicyclic) bond motifs is 1. The molecule has 250 valence electrons. The molecule has 0 fully saturated rings. The summed E-state index contributed by atoms with van der Waals surface area (Å²) in [5.74, 6) is 0.721. The molecule has 0 spiro atoms. The van der Waals surface area contributed by atoms with E-state index < -0.39 is 12.0 Å². The van der Waals surface area contributed by atoms with Crippen LogP contribution in [0.15, 0.2) is 106 Å². The summed E-state index contributed by atoms with van der Waals surface area (Å²) in [6, 6.07) is 27.4. The van der Waals surface area contributed by atoms with Gasteiger partial charge in [-0.2, -0.15) is 0 Å². The molecule has 0 amide bonds. The molecule has 0 saturated heterocycles. The second kappa shape index (κ2) is 14.9. The first-order valence-electron chi connectivity index (χ1n) is 15.8. The smallest absolute Gasteiger partial charge is 0.338 e. The number of carbonyl (C=O) groups excluding carboxylic acids is 1. The molecular formula is C39H34Cl2N2O5S. The van der Waals surface area contributed by atoms with Gasteiger partial charge in [0.2, 0.25) is 0 Å². The van der Waals surface area contributed by atoms with Crippen molar-refractivity contribution in [2.24, 2.45) is 4.99 Å². The van der Waals surface area contributed by atoms with E-state index in [-0.39, 0.29) is 18.8 Å². The molecule has 0 N–H and O–H groups in total. The minimum absolute atomic E-state index is 0.147. The average Bonchev–Trinajstić information content (AvgIpc) is 3.41. The fourth-order valence-electron chi connectivity index (χ4n) is 5.71. The molecule has 1 aromatic heterocycles. The van der Waals surface area contributed by atoms with Crippen LogP contribution in [0.1, 0.15) is 60.5 Å². The molecule has 0 unspecified atom stereocenters. The molecule has 0 saturated carbocycles. The summed E-state index contributed by atoms with van der Waals surface area (Å²) < 4.78 is 19.5. The first kappa shape index (κ1) is 34.2. The molecular weight excluding hydrogens is 679 g/mol. The Morgan fingerprint density at radius 3 is 2.43 bits per heavy atom. The van der Waals surface area contributed by atoms with Crippen molar-refractivity contribution < 1.29 is 19.0 Å². The fraction of sp³-hybridized carbons (Fsp3) is 0.205. The van der Waals surface area contributed by atoms with Gasteiger partial charge in [-0.15, -0.1) is 0 Å². The number of carbonyl (C=O) groups is 1. The Morgan fingerprint density at radius 1 is 1.00 bits per heavy atom. The van der Waals surface area contributed by atoms with Gasteiger partial charge in [-0.1, -0.05) is 121 Å². The van der Waals surface area contributed by atoms with Crippen LogP contribution >= 0.6 is 34.5 Å². The number of nitrogens with zero attached hydrogens (tertiary/aromatic N) is 2. The zero-order valence-electron chi connectivity index (χ0n) is 27.4. The standard InChI is InChI=1S/C39H34Cl2N2O5S/c1-5-47-38(45)33-34(25-10-7-6-8-11-25)42-39-43(35(33)26-16-14-24(15-17-26)23(2)3)37(44)32(49-39)20-27-12-9-13-31(46-4)36(27)48-22-28-18-19-29(40)21-30(28)41/h6-21,23,35H,5,22H2,1-4H3/b32-20-/t35-/m0/s1. The molecule has 0 aliphatic carbocycles. The minimum Gasteiger partial charge on any atom is -0.493 e. The number of aromatic nitrogens is 1. The van der Waals surface area contributed by atoms with Crippen molar-refractivity contribution in [2.75, 3.05) is 13.7 Å². The van der Waals surface area contributed by atoms with Gasteiger partial charge in [0.1, 0.15) is 6.61 Å². The van der Waals surface area contributed by atoms with Gasteiger partial charge in [0, 0.05) is 26.7 Å². The molecule has 0 bridgehead atoms. The highest BCUT2D eigenvalue weighted by Gasteiger charge is 2.35. The Bertz CT molecular complexity index is 2220. The van der Waals surface area contributed by atoms with Crippen molar-refractivity contribution in [3.63, 3.8) is 0 Å². The second-order valence-corrected chi connectivity index (χ2v) is 13.5. The predicted octanol–water partition coefficient (Wildman–Crippen LogP) is 7.95. The molecule has 0 radical (unpaired) electrons. The molecule has 1 aliphatic rings. The summed E-state index contributed by atoms with van der Waals surface area (Å²) in [4.78, 5) is 33.7. The molecule has 1 aliphatic heterocycles. The van der Waals surface area contributed by atoms with E-state index in [4.69, 9.17) is 42.4 Å². The zero-order valence-corrected chi connectivity index (χ0v) is 29.7. The largest absolute Gasteiger partial charge is 0.493 e. The van der Waals surface area contributed by atoms with Crippen molar-refractivity contribution in [1.82, 2.24) is 4.57 Å². The van der Waals surface area contributed by atoms with Crippen LogP contribution in [0.3, 0.4) is 0 Å². The van der Waals surface area contributed by atoms with E-state index in [1.807, 2.05) is 66.7 Å². The topological polar surface area (TPSA) is 79.1 Å². The molecule has 7 nitrogen and oxygen atoms in total. The number of benzene rings is 4. The van der Waals surface area contributed by atoms with E-state index in [0.29, 0.717) is 53.6 Å². The molecule has 49 heavy (non-hydrogen) atoms. The maximum Gasteiger partial charge on any atom is 0.338 e. The Kier molecular flexibility index (Phi) is 10.4. The van der Waals surface area contributed by atoms with Crippen LogP contribution in [-0.2, 0) is 16.1 Å². The van der Waals surface area contributed by atoms with Gasteiger partial charge in [-0.05, 0) is 48.2 Å². The predicted molar refractivity (Wildman–Crippen MR) is 195 cm³/mol. The maximum absolute atomic E-state index is 14.5. The first-order chi connectivity index (χ1) is 23.7. The van der Waals surface area contributed by atoms with E-state index in [1.165, 1.54) is 11.3 Å². The number of hydrogen-bond acceptors (Lipinski definition) is 7. The lowest BCUT2D eigenvalue weighted by atomic mass is 9.91. The molecule has 10 heteroatoms. The number of halogens is 2. The fourth-order valence-corrected chi connectivity index (χ4v) is 7.17. The summed E-state index contributed by atoms with van der Waals surface area (Å²) >= 11 is 13.8. The zero-order chi connectivity index (χ0) is 34.7. The van der Waals surface area contributed by atoms with Crippen LogP contribution in [0.4, 0.5) is 0 Å². The quantitative estimate of drug-likeness (QED) is 0.137. The Hall–Kier alpha value is -4.63. The van der Waals surface area contributed by atoms with Gasteiger partial charge in [-0.25, -0.2) is 9.79 Å². The molecule has 5 aromatic rings. The summed E-state index contributed by atoms with van der Waals surface area (Å²) in [6.07, 6.45) is 1.76. The molecule has 6 rings (SSSR count). The SMILES string of the molecule is CCOC(=O)C1=C(c2ccccc2)N=c2s/c(=C\c3cccc(OC)c3OCc3ccc(Cl)cc3Cl)c(=O)n2[C@H]1c1ccc(C(C)C)cc1. The molecule has 2 heterocycles. The van der Waals surface area contributed by atoms with Crippen molar-refractivity contribution in [3.05, 3.63) is 154 Å². The third-order valence-corrected chi connectivity index (χ3v) is 9.77. The minimum atomic E-state index is -0.776. The van der Waals surface area contributed by atoms with Crippen LogP contribution in [0.5, 0.6) is 11.5 Å². The lowest BCUT2D eigenvalue weighted by Gasteiger charge is -2.26. The lowest BCUT2D eigenvalue weighted by Crippen LogP contribution is -2.40. The normalized spacial score (nSPS) is 14.4. The molecule has 1 atom stereocenters. The van der Waals surface area contributed by atoms with Gasteiger partial charge in [0.05, 0.1) is 35.6 Å². The van der Waals surface area contributed by atoms with Gasteiger partial charge in [-0.3, -0.25) is 9.36 Å². The lowest BCUT2D eigenvalue weighted by molar-refractivity contribution is -0.138. The van der Waals surface area contributed by atoms with Crippen molar-refractivity contribution in [1.29, 1.82) is 0 Å². The van der Waals surface area contributed by atoms with E-state index in [2.05, 4.69) is 13.8 Å². The van der Waals surface area contributed by atoms with Crippen molar-refractivity contribution in [3.8, 4) is 11.5 Å². The number of esters is 1. The van der Waals surface area contributed by atoms with E-state index in [9.17, 15) is 9.59 Å². The van der Waals surface area contributed by atoms with Crippen LogP contribution < -0.4 is 24.4 Å². The van der Waals surface area contributed by atoms with Crippen molar-refractivity contribution >= 4 is 52.3 Å². The van der Waals surface area contributed by atoms with Gasteiger partial charge in [0.15, 0.2) is 16.3 Å². The Balaban J connectivity index is 1.55. The number of methoxy groups -OCH3 is 1. The van der Waals surface area contributed by atoms with Gasteiger partial charge >= 0.3 is 5.97 Å². The van der Waals surface area contributed by atoms with Gasteiger partial charge < -0.3 is 14.2 Å². The van der Waals surface area contributed by atoms with Crippen LogP contribution in [0, 0.1) is 0 Å². The monoisotopic (exact) mass is 712 g/mol. The van der Waals surface area contributed by atoms with Crippen LogP contribution in [0.25, 0.3) is 11.8 Å². The number of ether oxygens (including phenoxy) is 3. The number of para-hydroxylation sites is 1. The summed E-state index contributed by atoms with van der Waals surface area (Å²) in [6.45, 7) is 6.32. The number of thiazole rings is 1. The van der Waals surface area contributed by atoms with Gasteiger partial charge in [0.25, 0.3) is 5.56 Å². The van der Waals surface area contributed by atoms with Crippen LogP contribution in [-0.4, -0.2) is 24.3 Å². The Morgan fingerprint density at radius 2 is 1.76 bits per heavy atom. The van der Waals surface area contributed by atoms with Crippen LogP contribution in [0.2, 0.25) is 10.0 Å². The third-order valence-electron chi connectivity index (χ3n) is 8.20. The van der Waals surface area contributed by atoms with E-state index in [0.717, 1.165) is 22.3 Å². The summed E-state index contributed by atoms with van der Waals surface area (Å²) in [5, 5.41) is 1.00. The highest BCUT2D eigenvalue weighted by Crippen LogP contribution is 2.36.